The van der Waals surface area contributed by atoms with Crippen molar-refractivity contribution in [3.05, 3.63) is 11.6 Å². The van der Waals surface area contributed by atoms with Crippen molar-refractivity contribution in [3.63, 3.8) is 0 Å². The highest BCUT2D eigenvalue weighted by molar-refractivity contribution is 5.85. The minimum absolute atomic E-state index is 0.0322. The molecule has 6 rings (SSSR count). The number of carbonyl (C=O) groups is 2. The summed E-state index contributed by atoms with van der Waals surface area (Å²) >= 11 is 0. The average molecular weight is 535 g/mol. The van der Waals surface area contributed by atoms with Crippen LogP contribution in [0.25, 0.3) is 0 Å². The second kappa shape index (κ2) is 9.35. The highest BCUT2D eigenvalue weighted by Gasteiger charge is 2.68. The lowest BCUT2D eigenvalue weighted by molar-refractivity contribution is -0.309. The van der Waals surface area contributed by atoms with Crippen LogP contribution in [0.5, 0.6) is 0 Å². The Morgan fingerprint density at radius 2 is 1.79 bits per heavy atom. The predicted octanol–water partition coefficient (Wildman–Crippen LogP) is 1.64. The highest BCUT2D eigenvalue weighted by atomic mass is 16.7. The molecule has 0 radical (unpaired) electrons. The summed E-state index contributed by atoms with van der Waals surface area (Å²) in [6, 6.07) is 0. The van der Waals surface area contributed by atoms with Gasteiger partial charge in [-0.2, -0.15) is 0 Å². The molecule has 6 aliphatic rings. The molecule has 0 spiro atoms. The molecule has 9 nitrogen and oxygen atoms in total. The summed E-state index contributed by atoms with van der Waals surface area (Å²) in [5, 5.41) is 42.9. The lowest BCUT2D eigenvalue weighted by Crippen LogP contribution is -2.63. The maximum Gasteiger partial charge on any atom is 0.331 e. The van der Waals surface area contributed by atoms with Crippen LogP contribution in [0.3, 0.4) is 0 Å². The molecule has 2 aliphatic heterocycles. The number of cyclic esters (lactones) is 1. The summed E-state index contributed by atoms with van der Waals surface area (Å²) < 4.78 is 17.0. The van der Waals surface area contributed by atoms with Gasteiger partial charge in [0.05, 0.1) is 17.8 Å². The Labute approximate surface area is 223 Å². The molecule has 0 aromatic carbocycles. The van der Waals surface area contributed by atoms with Crippen LogP contribution in [-0.4, -0.2) is 81.7 Å². The van der Waals surface area contributed by atoms with Crippen LogP contribution < -0.4 is 0 Å². The fourth-order valence-corrected chi connectivity index (χ4v) is 9.73. The zero-order valence-corrected chi connectivity index (χ0v) is 22.3. The van der Waals surface area contributed by atoms with Gasteiger partial charge in [0.25, 0.3) is 0 Å². The molecule has 0 unspecified atom stereocenters. The van der Waals surface area contributed by atoms with Crippen LogP contribution >= 0.6 is 0 Å². The van der Waals surface area contributed by atoms with E-state index in [1.807, 2.05) is 0 Å². The number of esters is 1. The molecule has 0 bridgehead atoms. The van der Waals surface area contributed by atoms with E-state index in [1.165, 1.54) is 6.29 Å². The number of aliphatic hydroxyl groups is 4. The first kappa shape index (κ1) is 26.8. The molecule has 4 aliphatic carbocycles. The minimum atomic E-state index is -1.34. The molecule has 4 saturated carbocycles. The van der Waals surface area contributed by atoms with Crippen LogP contribution in [0.2, 0.25) is 0 Å². The smallest absolute Gasteiger partial charge is 0.331 e. The number of fused-ring (bicyclic) bond motifs is 5. The summed E-state index contributed by atoms with van der Waals surface area (Å²) in [6.45, 7) is 4.13. The van der Waals surface area contributed by atoms with Gasteiger partial charge in [0.2, 0.25) is 0 Å². The van der Waals surface area contributed by atoms with Crippen molar-refractivity contribution in [1.82, 2.24) is 0 Å². The summed E-state index contributed by atoms with van der Waals surface area (Å²) in [4.78, 5) is 24.7. The third kappa shape index (κ3) is 3.72. The van der Waals surface area contributed by atoms with E-state index in [1.54, 1.807) is 13.0 Å². The van der Waals surface area contributed by atoms with Gasteiger partial charge in [0.1, 0.15) is 31.2 Å². The van der Waals surface area contributed by atoms with E-state index >= 15 is 0 Å². The molecule has 0 aromatic rings. The van der Waals surface area contributed by atoms with Crippen molar-refractivity contribution in [1.29, 1.82) is 0 Å². The third-order valence-electron chi connectivity index (χ3n) is 11.9. The van der Waals surface area contributed by atoms with E-state index in [9.17, 15) is 30.0 Å². The number of hydrogen-bond donors (Lipinski definition) is 4. The maximum atomic E-state index is 12.9. The molecule has 0 aromatic heterocycles. The zero-order valence-electron chi connectivity index (χ0n) is 22.3. The quantitative estimate of drug-likeness (QED) is 0.240. The van der Waals surface area contributed by atoms with E-state index in [4.69, 9.17) is 14.2 Å². The van der Waals surface area contributed by atoms with E-state index in [0.29, 0.717) is 32.3 Å². The van der Waals surface area contributed by atoms with Crippen molar-refractivity contribution in [2.24, 2.45) is 34.5 Å². The molecule has 0 amide bonds. The monoisotopic (exact) mass is 534 g/mol. The number of aliphatic hydroxyl groups excluding tert-OH is 3. The van der Waals surface area contributed by atoms with Gasteiger partial charge < -0.3 is 39.4 Å². The molecule has 4 N–H and O–H groups in total. The summed E-state index contributed by atoms with van der Waals surface area (Å²) in [5.41, 5.74) is -0.739. The van der Waals surface area contributed by atoms with Crippen LogP contribution in [0, 0.1) is 34.5 Å². The van der Waals surface area contributed by atoms with Gasteiger partial charge in [-0.25, -0.2) is 4.79 Å². The molecule has 212 valence electrons. The Morgan fingerprint density at radius 1 is 1.00 bits per heavy atom. The second-order valence-electron chi connectivity index (χ2n) is 13.2. The summed E-state index contributed by atoms with van der Waals surface area (Å²) in [6.07, 6.45) is 3.80. The third-order valence-corrected chi connectivity index (χ3v) is 11.9. The van der Waals surface area contributed by atoms with Crippen molar-refractivity contribution >= 4 is 12.3 Å². The van der Waals surface area contributed by atoms with Crippen LogP contribution in [0.15, 0.2) is 11.6 Å². The Kier molecular flexibility index (Phi) is 6.60. The Morgan fingerprint density at radius 3 is 2.50 bits per heavy atom. The molecule has 38 heavy (non-hydrogen) atoms. The number of hydrogen-bond acceptors (Lipinski definition) is 9. The number of aldehydes is 1. The first-order valence-corrected chi connectivity index (χ1v) is 14.4. The standard InChI is InChI=1S/C29H42O9/c1-15-23(32)24(33)25(34)26(37-15)38-18-5-9-28(14-30)17(12-18)3-4-21-20(28)6-8-27(2)19(7-10-29(21,27)35)16-11-22(31)36-13-16/h11,14-15,17-21,23-26,32-35H,3-10,12-13H2,1-2H3/t15-,17+,18+,19-,20+,21-,23-,24-,25-,26+,27-,28-,29+/m1/s1. The highest BCUT2D eigenvalue weighted by Crippen LogP contribution is 2.69. The average Bonchev–Trinajstić information content (AvgIpc) is 3.45. The SMILES string of the molecule is C[C@H]1O[C@@H](O[C@H]2CC[C@@]3(C=O)[C@@H](CC[C@@H]4[C@@H]3CC[C@]3(C)[C@@H](C5=CC(=O)OC5)CC[C@]43O)C2)[C@H](O)[C@H](O)[C@@H]1O. The lowest BCUT2D eigenvalue weighted by atomic mass is 9.43. The van der Waals surface area contributed by atoms with Gasteiger partial charge in [-0.15, -0.1) is 0 Å². The summed E-state index contributed by atoms with van der Waals surface area (Å²) in [5.74, 6) is 0.0678. The topological polar surface area (TPSA) is 143 Å². The molecule has 13 atom stereocenters. The zero-order chi connectivity index (χ0) is 27.0. The fraction of sp³-hybridized carbons (Fsp3) is 0.862. The molecular formula is C29H42O9. The van der Waals surface area contributed by atoms with Crippen LogP contribution in [0.1, 0.15) is 71.6 Å². The van der Waals surface area contributed by atoms with Gasteiger partial charge in [0.15, 0.2) is 6.29 Å². The number of ether oxygens (including phenoxy) is 3. The van der Waals surface area contributed by atoms with Crippen molar-refractivity contribution in [3.8, 4) is 0 Å². The maximum absolute atomic E-state index is 12.9. The predicted molar refractivity (Wildman–Crippen MR) is 133 cm³/mol. The van der Waals surface area contributed by atoms with Crippen molar-refractivity contribution in [2.75, 3.05) is 6.61 Å². The first-order valence-electron chi connectivity index (χ1n) is 14.4. The molecular weight excluding hydrogens is 492 g/mol. The van der Waals surface area contributed by atoms with E-state index in [-0.39, 0.29) is 41.2 Å². The normalized spacial score (nSPS) is 54.4. The Balaban J connectivity index is 1.19. The first-order chi connectivity index (χ1) is 18.0. The van der Waals surface area contributed by atoms with E-state index in [0.717, 1.165) is 37.7 Å². The minimum Gasteiger partial charge on any atom is -0.458 e. The van der Waals surface area contributed by atoms with Gasteiger partial charge >= 0.3 is 5.97 Å². The Bertz CT molecular complexity index is 999. The van der Waals surface area contributed by atoms with E-state index in [2.05, 4.69) is 6.92 Å². The molecule has 1 saturated heterocycles. The van der Waals surface area contributed by atoms with Crippen molar-refractivity contribution in [2.45, 2.75) is 114 Å². The Hall–Kier alpha value is -1.36. The van der Waals surface area contributed by atoms with Crippen LogP contribution in [0.4, 0.5) is 0 Å². The van der Waals surface area contributed by atoms with Crippen molar-refractivity contribution < 1.29 is 44.2 Å². The van der Waals surface area contributed by atoms with Gasteiger partial charge in [-0.1, -0.05) is 6.92 Å². The van der Waals surface area contributed by atoms with Gasteiger partial charge in [-0.3, -0.25) is 0 Å². The van der Waals surface area contributed by atoms with E-state index < -0.39 is 41.7 Å². The lowest BCUT2D eigenvalue weighted by Gasteiger charge is -2.63. The largest absolute Gasteiger partial charge is 0.458 e. The second-order valence-corrected chi connectivity index (χ2v) is 13.2. The fourth-order valence-electron chi connectivity index (χ4n) is 9.73. The summed E-state index contributed by atoms with van der Waals surface area (Å²) in [7, 11) is 0. The van der Waals surface area contributed by atoms with Gasteiger partial charge in [0, 0.05) is 16.9 Å². The molecule has 2 heterocycles. The number of carbonyl (C=O) groups excluding carboxylic acids is 2. The van der Waals surface area contributed by atoms with Crippen LogP contribution in [-0.2, 0) is 23.8 Å². The molecule has 9 heteroatoms. The van der Waals surface area contributed by atoms with Gasteiger partial charge in [-0.05, 0) is 94.0 Å². The number of rotatable bonds is 4. The molecule has 5 fully saturated rings.